The van der Waals surface area contributed by atoms with Crippen LogP contribution in [-0.2, 0) is 4.74 Å². The van der Waals surface area contributed by atoms with Crippen LogP contribution in [0.25, 0.3) is 10.8 Å². The van der Waals surface area contributed by atoms with E-state index in [1.807, 2.05) is 37.9 Å². The molecule has 0 radical (unpaired) electrons. The third-order valence-electron chi connectivity index (χ3n) is 3.95. The number of benzene rings is 2. The predicted molar refractivity (Wildman–Crippen MR) is 91.5 cm³/mol. The molecule has 1 N–H and O–H groups in total. The fourth-order valence-electron chi connectivity index (χ4n) is 2.87. The summed E-state index contributed by atoms with van der Waals surface area (Å²) in [6.07, 6.45) is -0.625. The first-order chi connectivity index (χ1) is 11.1. The van der Waals surface area contributed by atoms with Crippen molar-refractivity contribution in [2.24, 2.45) is 4.99 Å². The SMILES string of the molecule is CC(C)OC(=O)NC1=NCC(c2cccc3ccccc23)N1C. The Kier molecular flexibility index (Phi) is 4.19. The highest BCUT2D eigenvalue weighted by Gasteiger charge is 2.28. The molecule has 1 amide bonds. The lowest BCUT2D eigenvalue weighted by molar-refractivity contribution is 0.119. The largest absolute Gasteiger partial charge is 0.447 e. The molecule has 0 saturated heterocycles. The lowest BCUT2D eigenvalue weighted by Gasteiger charge is -2.24. The number of nitrogens with zero attached hydrogens (tertiary/aromatic N) is 2. The van der Waals surface area contributed by atoms with Crippen LogP contribution < -0.4 is 5.32 Å². The zero-order chi connectivity index (χ0) is 16.4. The van der Waals surface area contributed by atoms with Crippen molar-refractivity contribution >= 4 is 22.8 Å². The molecule has 2 aromatic rings. The third kappa shape index (κ3) is 3.13. The Morgan fingerprint density at radius 1 is 1.26 bits per heavy atom. The molecule has 0 fully saturated rings. The number of carbonyl (C=O) groups is 1. The molecule has 0 aliphatic carbocycles. The van der Waals surface area contributed by atoms with E-state index in [1.165, 1.54) is 16.3 Å². The van der Waals surface area contributed by atoms with Gasteiger partial charge in [0, 0.05) is 7.05 Å². The predicted octanol–water partition coefficient (Wildman–Crippen LogP) is 3.32. The van der Waals surface area contributed by atoms with Crippen LogP contribution in [0.15, 0.2) is 47.5 Å². The number of fused-ring (bicyclic) bond motifs is 1. The van der Waals surface area contributed by atoms with Gasteiger partial charge in [-0.1, -0.05) is 42.5 Å². The van der Waals surface area contributed by atoms with Gasteiger partial charge in [-0.05, 0) is 30.2 Å². The normalized spacial score (nSPS) is 17.5. The summed E-state index contributed by atoms with van der Waals surface area (Å²) in [4.78, 5) is 18.2. The molecule has 1 unspecified atom stereocenters. The molecule has 3 rings (SSSR count). The number of ether oxygens (including phenoxy) is 1. The minimum Gasteiger partial charge on any atom is -0.447 e. The number of likely N-dealkylation sites (N-methyl/N-ethyl adjacent to an activating group) is 1. The molecule has 2 aromatic carbocycles. The van der Waals surface area contributed by atoms with Gasteiger partial charge in [0.25, 0.3) is 0 Å². The van der Waals surface area contributed by atoms with E-state index < -0.39 is 6.09 Å². The molecular weight excluding hydrogens is 290 g/mol. The molecule has 1 aliphatic rings. The maximum Gasteiger partial charge on any atom is 0.414 e. The second-order valence-electron chi connectivity index (χ2n) is 5.94. The van der Waals surface area contributed by atoms with Crippen LogP contribution in [0.2, 0.25) is 0 Å². The molecule has 5 nitrogen and oxygen atoms in total. The molecule has 0 bridgehead atoms. The summed E-state index contributed by atoms with van der Waals surface area (Å²) in [6, 6.07) is 14.7. The van der Waals surface area contributed by atoms with E-state index in [0.29, 0.717) is 12.5 Å². The highest BCUT2D eigenvalue weighted by atomic mass is 16.6. The highest BCUT2D eigenvalue weighted by Crippen LogP contribution is 2.30. The van der Waals surface area contributed by atoms with Gasteiger partial charge in [-0.25, -0.2) is 4.79 Å². The van der Waals surface area contributed by atoms with Crippen molar-refractivity contribution in [1.29, 1.82) is 0 Å². The fourth-order valence-corrected chi connectivity index (χ4v) is 2.87. The first-order valence-electron chi connectivity index (χ1n) is 7.79. The zero-order valence-corrected chi connectivity index (χ0v) is 13.6. The minimum atomic E-state index is -0.468. The van der Waals surface area contributed by atoms with Crippen molar-refractivity contribution in [3.8, 4) is 0 Å². The fraction of sp³-hybridized carbons (Fsp3) is 0.333. The number of alkyl carbamates (subject to hydrolysis) is 1. The van der Waals surface area contributed by atoms with Crippen LogP contribution in [0, 0.1) is 0 Å². The smallest absolute Gasteiger partial charge is 0.414 e. The lowest BCUT2D eigenvalue weighted by atomic mass is 9.98. The van der Waals surface area contributed by atoms with E-state index >= 15 is 0 Å². The Hall–Kier alpha value is -2.56. The van der Waals surface area contributed by atoms with Crippen molar-refractivity contribution in [2.75, 3.05) is 13.6 Å². The Morgan fingerprint density at radius 3 is 2.78 bits per heavy atom. The quantitative estimate of drug-likeness (QED) is 0.925. The second kappa shape index (κ2) is 6.28. The number of hydrogen-bond donors (Lipinski definition) is 1. The number of nitrogens with one attached hydrogen (secondary N) is 1. The summed E-state index contributed by atoms with van der Waals surface area (Å²) in [5.74, 6) is 0.550. The van der Waals surface area contributed by atoms with Gasteiger partial charge >= 0.3 is 6.09 Å². The van der Waals surface area contributed by atoms with E-state index in [9.17, 15) is 4.79 Å². The number of carbonyl (C=O) groups excluding carboxylic acids is 1. The van der Waals surface area contributed by atoms with Crippen LogP contribution in [0.3, 0.4) is 0 Å². The van der Waals surface area contributed by atoms with Crippen LogP contribution in [0.5, 0.6) is 0 Å². The van der Waals surface area contributed by atoms with Crippen molar-refractivity contribution < 1.29 is 9.53 Å². The molecule has 1 heterocycles. The zero-order valence-electron chi connectivity index (χ0n) is 13.6. The second-order valence-corrected chi connectivity index (χ2v) is 5.94. The van der Waals surface area contributed by atoms with Crippen molar-refractivity contribution in [3.63, 3.8) is 0 Å². The summed E-state index contributed by atoms with van der Waals surface area (Å²) < 4.78 is 5.11. The molecule has 1 aliphatic heterocycles. The van der Waals surface area contributed by atoms with Gasteiger partial charge in [0.2, 0.25) is 5.96 Å². The molecular formula is C18H21N3O2. The molecule has 0 saturated carbocycles. The van der Waals surface area contributed by atoms with E-state index in [0.717, 1.165) is 0 Å². The van der Waals surface area contributed by atoms with Gasteiger partial charge < -0.3 is 9.64 Å². The number of rotatable bonds is 2. The number of aliphatic imine (C=N–C) groups is 1. The Labute approximate surface area is 136 Å². The van der Waals surface area contributed by atoms with Crippen LogP contribution in [0.1, 0.15) is 25.5 Å². The van der Waals surface area contributed by atoms with E-state index in [-0.39, 0.29) is 12.1 Å². The average molecular weight is 311 g/mol. The number of amides is 1. The first kappa shape index (κ1) is 15.3. The summed E-state index contributed by atoms with van der Waals surface area (Å²) in [5.41, 5.74) is 1.21. The summed E-state index contributed by atoms with van der Waals surface area (Å²) in [7, 11) is 1.94. The maximum absolute atomic E-state index is 11.8. The topological polar surface area (TPSA) is 53.9 Å². The molecule has 0 spiro atoms. The van der Waals surface area contributed by atoms with Crippen LogP contribution in [0.4, 0.5) is 4.79 Å². The first-order valence-corrected chi connectivity index (χ1v) is 7.79. The maximum atomic E-state index is 11.8. The molecule has 5 heteroatoms. The van der Waals surface area contributed by atoms with Gasteiger partial charge in [-0.2, -0.15) is 0 Å². The number of hydrogen-bond acceptors (Lipinski definition) is 4. The Morgan fingerprint density at radius 2 is 2.00 bits per heavy atom. The van der Waals surface area contributed by atoms with Gasteiger partial charge in [-0.3, -0.25) is 10.3 Å². The Bertz CT molecular complexity index is 750. The Balaban J connectivity index is 1.80. The van der Waals surface area contributed by atoms with E-state index in [2.05, 4.69) is 40.6 Å². The van der Waals surface area contributed by atoms with Gasteiger partial charge in [-0.15, -0.1) is 0 Å². The molecule has 23 heavy (non-hydrogen) atoms. The van der Waals surface area contributed by atoms with E-state index in [4.69, 9.17) is 4.74 Å². The van der Waals surface area contributed by atoms with Gasteiger partial charge in [0.05, 0.1) is 18.7 Å². The number of guanidine groups is 1. The average Bonchev–Trinajstić information content (AvgIpc) is 2.87. The lowest BCUT2D eigenvalue weighted by Crippen LogP contribution is -2.41. The molecule has 120 valence electrons. The molecule has 1 atom stereocenters. The summed E-state index contributed by atoms with van der Waals surface area (Å²) >= 11 is 0. The standard InChI is InChI=1S/C18H21N3O2/c1-12(2)23-18(22)20-17-19-11-16(21(17)3)15-10-6-8-13-7-4-5-9-14(13)15/h4-10,12,16H,11H2,1-3H3,(H,19,20,22). The van der Waals surface area contributed by atoms with Gasteiger partial charge in [0.15, 0.2) is 0 Å². The van der Waals surface area contributed by atoms with Crippen molar-refractivity contribution in [2.45, 2.75) is 26.0 Å². The summed E-state index contributed by atoms with van der Waals surface area (Å²) in [6.45, 7) is 4.25. The van der Waals surface area contributed by atoms with Gasteiger partial charge in [0.1, 0.15) is 0 Å². The van der Waals surface area contributed by atoms with Crippen LogP contribution >= 0.6 is 0 Å². The monoisotopic (exact) mass is 311 g/mol. The third-order valence-corrected chi connectivity index (χ3v) is 3.95. The van der Waals surface area contributed by atoms with Crippen LogP contribution in [-0.4, -0.2) is 36.6 Å². The minimum absolute atomic E-state index is 0.107. The molecule has 0 aromatic heterocycles. The summed E-state index contributed by atoms with van der Waals surface area (Å²) in [5, 5.41) is 5.15. The highest BCUT2D eigenvalue weighted by molar-refractivity contribution is 5.95. The van der Waals surface area contributed by atoms with Crippen molar-refractivity contribution in [1.82, 2.24) is 10.2 Å². The van der Waals surface area contributed by atoms with E-state index in [1.54, 1.807) is 0 Å². The van der Waals surface area contributed by atoms with Crippen molar-refractivity contribution in [3.05, 3.63) is 48.0 Å².